The number of anilines is 2. The fourth-order valence-corrected chi connectivity index (χ4v) is 3.31. The quantitative estimate of drug-likeness (QED) is 0.885. The first kappa shape index (κ1) is 17.9. The van der Waals surface area contributed by atoms with E-state index in [9.17, 15) is 9.59 Å². The second-order valence-electron chi connectivity index (χ2n) is 6.79. The summed E-state index contributed by atoms with van der Waals surface area (Å²) < 4.78 is 0. The first-order valence-corrected chi connectivity index (χ1v) is 8.88. The van der Waals surface area contributed by atoms with Crippen LogP contribution in [0.4, 0.5) is 11.5 Å². The third-order valence-corrected chi connectivity index (χ3v) is 4.73. The zero-order valence-electron chi connectivity index (χ0n) is 14.9. The van der Waals surface area contributed by atoms with Crippen LogP contribution in [-0.2, 0) is 11.2 Å². The molecule has 0 spiro atoms. The first-order valence-electron chi connectivity index (χ1n) is 8.88. The van der Waals surface area contributed by atoms with Crippen molar-refractivity contribution < 1.29 is 9.59 Å². The first-order chi connectivity index (χ1) is 12.5. The van der Waals surface area contributed by atoms with Crippen LogP contribution in [0, 0.1) is 5.92 Å². The van der Waals surface area contributed by atoms with E-state index < -0.39 is 0 Å². The second kappa shape index (κ2) is 7.99. The highest BCUT2D eigenvalue weighted by atomic mass is 16.2. The molecular weight excluding hydrogens is 328 g/mol. The van der Waals surface area contributed by atoms with Crippen LogP contribution in [-0.4, -0.2) is 34.8 Å². The van der Waals surface area contributed by atoms with Gasteiger partial charge in [0.05, 0.1) is 0 Å². The van der Waals surface area contributed by atoms with Gasteiger partial charge in [0.15, 0.2) is 0 Å². The monoisotopic (exact) mass is 352 g/mol. The number of piperidine rings is 1. The van der Waals surface area contributed by atoms with Gasteiger partial charge < -0.3 is 16.0 Å². The molecule has 3 rings (SSSR count). The zero-order chi connectivity index (χ0) is 18.5. The molecule has 2 heterocycles. The van der Waals surface area contributed by atoms with Gasteiger partial charge in [0.25, 0.3) is 5.91 Å². The van der Waals surface area contributed by atoms with Gasteiger partial charge in [0.2, 0.25) is 5.91 Å². The summed E-state index contributed by atoms with van der Waals surface area (Å²) in [5.41, 5.74) is 8.17. The molecule has 0 aliphatic carbocycles. The van der Waals surface area contributed by atoms with Gasteiger partial charge in [-0.2, -0.15) is 0 Å². The van der Waals surface area contributed by atoms with E-state index in [-0.39, 0.29) is 11.8 Å². The Labute approximate surface area is 153 Å². The number of hydrogen-bond acceptors (Lipinski definition) is 4. The highest BCUT2D eigenvalue weighted by Crippen LogP contribution is 2.23. The van der Waals surface area contributed by atoms with E-state index in [4.69, 9.17) is 5.73 Å². The average molecular weight is 352 g/mol. The number of likely N-dealkylation sites (tertiary alicyclic amines) is 1. The third-order valence-electron chi connectivity index (χ3n) is 4.73. The van der Waals surface area contributed by atoms with Gasteiger partial charge >= 0.3 is 0 Å². The number of hydrogen-bond donors (Lipinski definition) is 2. The van der Waals surface area contributed by atoms with Crippen molar-refractivity contribution in [3.05, 3.63) is 53.7 Å². The molecule has 3 N–H and O–H groups in total. The summed E-state index contributed by atoms with van der Waals surface area (Å²) in [5, 5.41) is 2.71. The molecule has 1 aromatic heterocycles. The molecule has 0 radical (unpaired) electrons. The van der Waals surface area contributed by atoms with Crippen LogP contribution in [0.3, 0.4) is 0 Å². The SMILES string of the molecule is CC(=O)Nc1ccc(C(=O)N2CCC(Cc3ccc(N)nc3)CC2)cc1. The molecule has 6 heteroatoms. The number of benzene rings is 1. The fraction of sp³-hybridized carbons (Fsp3) is 0.350. The van der Waals surface area contributed by atoms with E-state index in [1.54, 1.807) is 24.3 Å². The number of nitrogens with one attached hydrogen (secondary N) is 1. The molecule has 1 aromatic carbocycles. The molecule has 0 saturated carbocycles. The van der Waals surface area contributed by atoms with Gasteiger partial charge in [-0.25, -0.2) is 4.98 Å². The van der Waals surface area contributed by atoms with E-state index >= 15 is 0 Å². The van der Waals surface area contributed by atoms with Crippen molar-refractivity contribution in [3.63, 3.8) is 0 Å². The van der Waals surface area contributed by atoms with Crippen LogP contribution in [0.2, 0.25) is 0 Å². The summed E-state index contributed by atoms with van der Waals surface area (Å²) in [6.45, 7) is 2.99. The molecule has 0 atom stereocenters. The minimum atomic E-state index is -0.123. The molecule has 2 amide bonds. The Balaban J connectivity index is 1.53. The molecule has 6 nitrogen and oxygen atoms in total. The van der Waals surface area contributed by atoms with E-state index in [0.717, 1.165) is 32.4 Å². The van der Waals surface area contributed by atoms with E-state index in [1.807, 2.05) is 23.2 Å². The van der Waals surface area contributed by atoms with Crippen LogP contribution < -0.4 is 11.1 Å². The number of nitrogen functional groups attached to an aromatic ring is 1. The van der Waals surface area contributed by atoms with Crippen molar-refractivity contribution in [2.24, 2.45) is 5.92 Å². The molecular formula is C20H24N4O2. The lowest BCUT2D eigenvalue weighted by Gasteiger charge is -2.32. The number of nitrogens with zero attached hydrogens (tertiary/aromatic N) is 2. The molecule has 0 bridgehead atoms. The van der Waals surface area contributed by atoms with Crippen LogP contribution in [0.25, 0.3) is 0 Å². The molecule has 136 valence electrons. The second-order valence-corrected chi connectivity index (χ2v) is 6.79. The Bertz CT molecular complexity index is 763. The molecule has 1 fully saturated rings. The highest BCUT2D eigenvalue weighted by Gasteiger charge is 2.23. The number of rotatable bonds is 4. The maximum absolute atomic E-state index is 12.7. The number of carbonyl (C=O) groups is 2. The van der Waals surface area contributed by atoms with Gasteiger partial charge in [0, 0.05) is 37.5 Å². The number of pyridine rings is 1. The zero-order valence-corrected chi connectivity index (χ0v) is 14.9. The highest BCUT2D eigenvalue weighted by molar-refractivity contribution is 5.95. The van der Waals surface area contributed by atoms with E-state index in [1.165, 1.54) is 12.5 Å². The standard InChI is InChI=1S/C20H24N4O2/c1-14(25)23-18-5-3-17(4-6-18)20(26)24-10-8-15(9-11-24)12-16-2-7-19(21)22-13-16/h2-7,13,15H,8-12H2,1H3,(H2,21,22)(H,23,25). The van der Waals surface area contributed by atoms with Crippen LogP contribution >= 0.6 is 0 Å². The van der Waals surface area contributed by atoms with Gasteiger partial charge in [-0.1, -0.05) is 6.07 Å². The van der Waals surface area contributed by atoms with Crippen molar-refractivity contribution in [1.29, 1.82) is 0 Å². The third kappa shape index (κ3) is 4.59. The lowest BCUT2D eigenvalue weighted by atomic mass is 9.90. The van der Waals surface area contributed by atoms with Crippen molar-refractivity contribution in [2.45, 2.75) is 26.2 Å². The number of carbonyl (C=O) groups excluding carboxylic acids is 2. The van der Waals surface area contributed by atoms with Crippen molar-refractivity contribution >= 4 is 23.3 Å². The van der Waals surface area contributed by atoms with E-state index in [0.29, 0.717) is 23.0 Å². The Morgan fingerprint density at radius 2 is 1.85 bits per heavy atom. The normalized spacial score (nSPS) is 14.9. The number of nitrogens with two attached hydrogens (primary N) is 1. The molecule has 1 aliphatic rings. The lowest BCUT2D eigenvalue weighted by molar-refractivity contribution is -0.114. The molecule has 1 saturated heterocycles. The Hall–Kier alpha value is -2.89. The van der Waals surface area contributed by atoms with Crippen LogP contribution in [0.5, 0.6) is 0 Å². The van der Waals surface area contributed by atoms with Crippen LogP contribution in [0.15, 0.2) is 42.6 Å². The summed E-state index contributed by atoms with van der Waals surface area (Å²) >= 11 is 0. The maximum Gasteiger partial charge on any atom is 0.253 e. The Morgan fingerprint density at radius 3 is 2.42 bits per heavy atom. The average Bonchev–Trinajstić information content (AvgIpc) is 2.64. The fourth-order valence-electron chi connectivity index (χ4n) is 3.31. The molecule has 26 heavy (non-hydrogen) atoms. The largest absolute Gasteiger partial charge is 0.384 e. The molecule has 2 aromatic rings. The smallest absolute Gasteiger partial charge is 0.253 e. The predicted molar refractivity (Wildman–Crippen MR) is 102 cm³/mol. The van der Waals surface area contributed by atoms with Crippen molar-refractivity contribution in [1.82, 2.24) is 9.88 Å². The van der Waals surface area contributed by atoms with Crippen molar-refractivity contribution in [3.8, 4) is 0 Å². The summed E-state index contributed by atoms with van der Waals surface area (Å²) in [6.07, 6.45) is 4.78. The predicted octanol–water partition coefficient (Wildman–Crippen LogP) is 2.72. The number of amides is 2. The Morgan fingerprint density at radius 1 is 1.15 bits per heavy atom. The maximum atomic E-state index is 12.7. The summed E-state index contributed by atoms with van der Waals surface area (Å²) in [7, 11) is 0. The molecule has 0 unspecified atom stereocenters. The van der Waals surface area contributed by atoms with Gasteiger partial charge in [-0.3, -0.25) is 9.59 Å². The topological polar surface area (TPSA) is 88.3 Å². The molecule has 1 aliphatic heterocycles. The van der Waals surface area contributed by atoms with E-state index in [2.05, 4.69) is 10.3 Å². The summed E-state index contributed by atoms with van der Waals surface area (Å²) in [5.74, 6) is 1.03. The van der Waals surface area contributed by atoms with Crippen LogP contribution in [0.1, 0.15) is 35.7 Å². The van der Waals surface area contributed by atoms with Crippen molar-refractivity contribution in [2.75, 3.05) is 24.1 Å². The summed E-state index contributed by atoms with van der Waals surface area (Å²) in [4.78, 5) is 29.8. The minimum Gasteiger partial charge on any atom is -0.384 e. The van der Waals surface area contributed by atoms with Gasteiger partial charge in [-0.15, -0.1) is 0 Å². The van der Waals surface area contributed by atoms with Gasteiger partial charge in [-0.05, 0) is 61.1 Å². The lowest BCUT2D eigenvalue weighted by Crippen LogP contribution is -2.38. The number of aromatic nitrogens is 1. The van der Waals surface area contributed by atoms with Gasteiger partial charge in [0.1, 0.15) is 5.82 Å². The summed E-state index contributed by atoms with van der Waals surface area (Å²) in [6, 6.07) is 10.9. The minimum absolute atomic E-state index is 0.0481. The Kier molecular flexibility index (Phi) is 5.51.